The fraction of sp³-hybridized carbons (Fsp3) is 0.176. The van der Waals surface area contributed by atoms with E-state index >= 15 is 0 Å². The van der Waals surface area contributed by atoms with E-state index in [2.05, 4.69) is 9.97 Å². The number of hydrogen-bond acceptors (Lipinski definition) is 6. The Morgan fingerprint density at radius 2 is 1.81 bits per heavy atom. The van der Waals surface area contributed by atoms with Crippen LogP contribution >= 0.6 is 0 Å². The summed E-state index contributed by atoms with van der Waals surface area (Å²) in [7, 11) is 0. The smallest absolute Gasteiger partial charge is 0.399 e. The van der Waals surface area contributed by atoms with Crippen molar-refractivity contribution in [3.63, 3.8) is 0 Å². The summed E-state index contributed by atoms with van der Waals surface area (Å²) in [5.74, 6) is -0.482. The fourth-order valence-corrected chi connectivity index (χ4v) is 2.68. The van der Waals surface area contributed by atoms with Crippen molar-refractivity contribution in [3.8, 4) is 0 Å². The summed E-state index contributed by atoms with van der Waals surface area (Å²) in [5.41, 5.74) is 10.9. The van der Waals surface area contributed by atoms with Crippen LogP contribution in [0.2, 0.25) is 0 Å². The molecule has 2 aromatic carbocycles. The van der Waals surface area contributed by atoms with Crippen LogP contribution in [0.3, 0.4) is 0 Å². The topological polar surface area (TPSA) is 121 Å². The number of hydrogen-bond donors (Lipinski definition) is 2. The van der Waals surface area contributed by atoms with Crippen LogP contribution in [0.4, 0.5) is 30.4 Å². The molecule has 0 amide bonds. The van der Waals surface area contributed by atoms with Gasteiger partial charge in [0.05, 0.1) is 16.0 Å². The molecule has 0 saturated heterocycles. The maximum absolute atomic E-state index is 13.1. The van der Waals surface area contributed by atoms with Crippen molar-refractivity contribution in [1.82, 2.24) is 9.97 Å². The minimum absolute atomic E-state index is 0.0609. The number of nitro groups is 1. The molecule has 0 aliphatic rings. The summed E-state index contributed by atoms with van der Waals surface area (Å²) in [4.78, 5) is 18.6. The summed E-state index contributed by atoms with van der Waals surface area (Å²) < 4.78 is 39.3. The molecule has 1 unspecified atom stereocenters. The second kappa shape index (κ2) is 6.38. The van der Waals surface area contributed by atoms with Gasteiger partial charge in [-0.25, -0.2) is 9.97 Å². The Hall–Kier alpha value is -3.43. The molecule has 10 heteroatoms. The predicted octanol–water partition coefficient (Wildman–Crippen LogP) is 3.87. The lowest BCUT2D eigenvalue weighted by Gasteiger charge is -2.15. The van der Waals surface area contributed by atoms with Gasteiger partial charge in [-0.1, -0.05) is 6.92 Å². The molecule has 0 fully saturated rings. The molecule has 7 nitrogen and oxygen atoms in total. The Bertz CT molecular complexity index is 1050. The van der Waals surface area contributed by atoms with Gasteiger partial charge in [-0.3, -0.25) is 10.1 Å². The number of nitrogens with two attached hydrogens (primary N) is 2. The van der Waals surface area contributed by atoms with Gasteiger partial charge in [0.2, 0.25) is 0 Å². The number of nitro benzene ring substituents is 1. The van der Waals surface area contributed by atoms with Crippen molar-refractivity contribution in [3.05, 3.63) is 63.5 Å². The van der Waals surface area contributed by atoms with Gasteiger partial charge in [-0.15, -0.1) is 0 Å². The first-order valence-corrected chi connectivity index (χ1v) is 7.75. The lowest BCUT2D eigenvalue weighted by Crippen LogP contribution is -2.10. The minimum Gasteiger partial charge on any atom is -0.399 e. The highest BCUT2D eigenvalue weighted by atomic mass is 19.4. The van der Waals surface area contributed by atoms with Crippen molar-refractivity contribution in [2.45, 2.75) is 19.0 Å². The van der Waals surface area contributed by atoms with Gasteiger partial charge in [0, 0.05) is 29.1 Å². The van der Waals surface area contributed by atoms with Crippen molar-refractivity contribution >= 4 is 28.1 Å². The molecule has 3 rings (SSSR count). The largest absolute Gasteiger partial charge is 0.416 e. The molecule has 0 bridgehead atoms. The van der Waals surface area contributed by atoms with E-state index in [4.69, 9.17) is 11.5 Å². The van der Waals surface area contributed by atoms with Crippen molar-refractivity contribution < 1.29 is 18.1 Å². The quantitative estimate of drug-likeness (QED) is 0.406. The maximum Gasteiger partial charge on any atom is 0.416 e. The van der Waals surface area contributed by atoms with Gasteiger partial charge in [-0.05, 0) is 29.8 Å². The number of fused-ring (bicyclic) bond motifs is 1. The van der Waals surface area contributed by atoms with Crippen LogP contribution < -0.4 is 11.5 Å². The Morgan fingerprint density at radius 3 is 2.44 bits per heavy atom. The zero-order valence-electron chi connectivity index (χ0n) is 14.0. The second-order valence-electron chi connectivity index (χ2n) is 6.03. The normalized spacial score (nSPS) is 12.9. The lowest BCUT2D eigenvalue weighted by atomic mass is 9.97. The van der Waals surface area contributed by atoms with Crippen molar-refractivity contribution in [1.29, 1.82) is 0 Å². The van der Waals surface area contributed by atoms with Gasteiger partial charge in [0.15, 0.2) is 0 Å². The molecule has 0 aliphatic heterocycles. The number of alkyl halides is 3. The summed E-state index contributed by atoms with van der Waals surface area (Å²) in [6.07, 6.45) is -4.72. The summed E-state index contributed by atoms with van der Waals surface area (Å²) in [6.45, 7) is 1.55. The third-order valence-electron chi connectivity index (χ3n) is 4.13. The average molecular weight is 377 g/mol. The summed E-state index contributed by atoms with van der Waals surface area (Å²) >= 11 is 0. The molecular weight excluding hydrogens is 363 g/mol. The van der Waals surface area contributed by atoms with Crippen LogP contribution in [-0.2, 0) is 6.18 Å². The highest BCUT2D eigenvalue weighted by molar-refractivity contribution is 5.90. The molecular formula is C17H14F3N5O2. The van der Waals surface area contributed by atoms with E-state index in [1.165, 1.54) is 0 Å². The number of anilines is 2. The van der Waals surface area contributed by atoms with Crippen LogP contribution in [0.25, 0.3) is 10.9 Å². The van der Waals surface area contributed by atoms with Crippen molar-refractivity contribution in [2.75, 3.05) is 11.5 Å². The Labute approximate surface area is 151 Å². The minimum atomic E-state index is -4.72. The van der Waals surface area contributed by atoms with Crippen LogP contribution in [-0.4, -0.2) is 14.9 Å². The number of rotatable bonds is 3. The first-order chi connectivity index (χ1) is 12.6. The fourth-order valence-electron chi connectivity index (χ4n) is 2.68. The molecule has 3 aromatic rings. The monoisotopic (exact) mass is 377 g/mol. The van der Waals surface area contributed by atoms with Crippen LogP contribution in [0.1, 0.15) is 29.8 Å². The van der Waals surface area contributed by atoms with E-state index in [9.17, 15) is 23.3 Å². The van der Waals surface area contributed by atoms with Crippen molar-refractivity contribution in [2.24, 2.45) is 0 Å². The number of benzene rings is 2. The molecule has 1 atom stereocenters. The zero-order chi connectivity index (χ0) is 19.9. The third-order valence-corrected chi connectivity index (χ3v) is 4.13. The van der Waals surface area contributed by atoms with E-state index in [0.29, 0.717) is 22.7 Å². The van der Waals surface area contributed by atoms with Crippen LogP contribution in [0.5, 0.6) is 0 Å². The number of halogens is 3. The van der Waals surface area contributed by atoms with Crippen LogP contribution in [0, 0.1) is 10.1 Å². The first kappa shape index (κ1) is 18.4. The number of nitrogens with zero attached hydrogens (tertiary/aromatic N) is 3. The van der Waals surface area contributed by atoms with E-state index in [-0.39, 0.29) is 17.2 Å². The van der Waals surface area contributed by atoms with Gasteiger partial charge in [0.25, 0.3) is 5.69 Å². The predicted molar refractivity (Wildman–Crippen MR) is 94.0 cm³/mol. The first-order valence-electron chi connectivity index (χ1n) is 7.75. The van der Waals surface area contributed by atoms with Gasteiger partial charge in [-0.2, -0.15) is 13.2 Å². The van der Waals surface area contributed by atoms with Gasteiger partial charge >= 0.3 is 6.18 Å². The molecule has 0 aliphatic carbocycles. The van der Waals surface area contributed by atoms with Crippen LogP contribution in [0.15, 0.2) is 36.4 Å². The summed E-state index contributed by atoms with van der Waals surface area (Å²) in [6, 6.07) is 7.24. The number of aromatic nitrogens is 2. The molecule has 0 saturated carbocycles. The molecule has 1 heterocycles. The molecule has 4 N–H and O–H groups in total. The van der Waals surface area contributed by atoms with E-state index in [0.717, 1.165) is 12.1 Å². The Morgan fingerprint density at radius 1 is 1.11 bits per heavy atom. The molecule has 27 heavy (non-hydrogen) atoms. The molecule has 0 radical (unpaired) electrons. The molecule has 140 valence electrons. The molecule has 0 spiro atoms. The number of non-ortho nitro benzene ring substituents is 1. The van der Waals surface area contributed by atoms with Gasteiger partial charge < -0.3 is 11.5 Å². The summed E-state index contributed by atoms with van der Waals surface area (Å²) in [5, 5.41) is 11.5. The standard InChI is InChI=1S/C17H14F3N5O2/c1-8(9-4-10(17(18,19)20)6-12(5-9)25(26)27)16-23-14-3-2-11(21)7-13(14)15(22)24-16/h2-8H,21H2,1H3,(H2,22,23,24). The maximum atomic E-state index is 13.1. The van der Waals surface area contributed by atoms with Gasteiger partial charge in [0.1, 0.15) is 11.6 Å². The Balaban J connectivity index is 2.14. The average Bonchev–Trinajstić information content (AvgIpc) is 2.60. The zero-order valence-corrected chi connectivity index (χ0v) is 14.0. The third kappa shape index (κ3) is 3.59. The Kier molecular flexibility index (Phi) is 4.34. The SMILES string of the molecule is CC(c1cc([N+](=O)[O-])cc(C(F)(F)F)c1)c1nc(N)c2cc(N)ccc2n1. The van der Waals surface area contributed by atoms with E-state index in [1.54, 1.807) is 25.1 Å². The highest BCUT2D eigenvalue weighted by Gasteiger charge is 2.33. The highest BCUT2D eigenvalue weighted by Crippen LogP contribution is 2.36. The van der Waals surface area contributed by atoms with E-state index in [1.807, 2.05) is 0 Å². The molecule has 1 aromatic heterocycles. The second-order valence-corrected chi connectivity index (χ2v) is 6.03. The number of nitrogen functional groups attached to an aromatic ring is 2. The van der Waals surface area contributed by atoms with E-state index < -0.39 is 28.3 Å². The lowest BCUT2D eigenvalue weighted by molar-refractivity contribution is -0.385.